The van der Waals surface area contributed by atoms with E-state index in [4.69, 9.17) is 14.6 Å². The molecular weight excluding hydrogens is 344 g/mol. The van der Waals surface area contributed by atoms with Crippen LogP contribution >= 0.6 is 0 Å². The maximum Gasteiger partial charge on any atom is 0.312 e. The highest BCUT2D eigenvalue weighted by Gasteiger charge is 2.50. The van der Waals surface area contributed by atoms with E-state index in [2.05, 4.69) is 41.0 Å². The van der Waals surface area contributed by atoms with E-state index >= 15 is 0 Å². The minimum atomic E-state index is -0.250. The van der Waals surface area contributed by atoms with Gasteiger partial charge in [-0.1, -0.05) is 30.5 Å². The van der Waals surface area contributed by atoms with Crippen molar-refractivity contribution in [1.29, 1.82) is 0 Å². The predicted molar refractivity (Wildman–Crippen MR) is 104 cm³/mol. The number of carbonyl (C=O) groups excluding carboxylic acids is 1. The van der Waals surface area contributed by atoms with Crippen LogP contribution in [-0.4, -0.2) is 61.3 Å². The van der Waals surface area contributed by atoms with Crippen LogP contribution in [0.4, 0.5) is 5.69 Å². The lowest BCUT2D eigenvalue weighted by Gasteiger charge is -2.37. The smallest absolute Gasteiger partial charge is 0.312 e. The Labute approximate surface area is 161 Å². The number of hydrogen-bond acceptors (Lipinski definition) is 5. The van der Waals surface area contributed by atoms with Gasteiger partial charge in [-0.2, -0.15) is 0 Å². The maximum atomic E-state index is 12.3. The number of esters is 1. The van der Waals surface area contributed by atoms with Gasteiger partial charge in [-0.15, -0.1) is 0 Å². The Hall–Kier alpha value is -2.08. The summed E-state index contributed by atoms with van der Waals surface area (Å²) in [7, 11) is 0. The van der Waals surface area contributed by atoms with Crippen molar-refractivity contribution in [3.8, 4) is 0 Å². The molecule has 1 N–H and O–H groups in total. The molecule has 1 spiro atoms. The first-order valence-electron chi connectivity index (χ1n) is 9.89. The molecule has 3 fully saturated rings. The second kappa shape index (κ2) is 8.74. The molecule has 2 heterocycles. The highest BCUT2D eigenvalue weighted by Crippen LogP contribution is 2.47. The molecule has 148 valence electrons. The van der Waals surface area contributed by atoms with Gasteiger partial charge >= 0.3 is 5.97 Å². The average molecular weight is 374 g/mol. The second-order valence-corrected chi connectivity index (χ2v) is 7.95. The predicted octanol–water partition coefficient (Wildman–Crippen LogP) is 2.69. The van der Waals surface area contributed by atoms with E-state index in [0.717, 1.165) is 52.0 Å². The number of ether oxygens (including phenoxy) is 1. The Morgan fingerprint density at radius 1 is 1.15 bits per heavy atom. The minimum Gasteiger partial charge on any atom is -0.483 e. The first-order valence-corrected chi connectivity index (χ1v) is 9.89. The number of aryl methyl sites for hydroxylation is 1. The van der Waals surface area contributed by atoms with Gasteiger partial charge in [0.25, 0.3) is 6.47 Å². The summed E-state index contributed by atoms with van der Waals surface area (Å²) in [5.74, 6) is 0.0864. The molecule has 2 saturated heterocycles. The molecule has 2 aliphatic heterocycles. The molecule has 3 aliphatic rings. The van der Waals surface area contributed by atoms with Crippen LogP contribution in [0, 0.1) is 12.3 Å². The fourth-order valence-corrected chi connectivity index (χ4v) is 4.63. The number of piperazine rings is 1. The van der Waals surface area contributed by atoms with Crippen LogP contribution in [0.5, 0.6) is 0 Å². The van der Waals surface area contributed by atoms with Crippen LogP contribution in [-0.2, 0) is 14.3 Å². The number of cyclic esters (lactones) is 1. The standard InChI is InChI=1S/C20H28N2O2.CH2O2/c1-16-4-6-17(7-5-16)22-12-10-21(11-13-22)15-18-14-20(19(23)24-18)8-2-3-9-20;2-1-3/h4-7,18H,2-3,8-15H2,1H3;1H,(H,2,3). The van der Waals surface area contributed by atoms with Gasteiger partial charge in [-0.3, -0.25) is 14.5 Å². The van der Waals surface area contributed by atoms with E-state index in [0.29, 0.717) is 0 Å². The lowest BCUT2D eigenvalue weighted by Crippen LogP contribution is -2.48. The topological polar surface area (TPSA) is 70.1 Å². The molecule has 1 aromatic carbocycles. The summed E-state index contributed by atoms with van der Waals surface area (Å²) in [6, 6.07) is 8.79. The molecule has 6 nitrogen and oxygen atoms in total. The number of benzene rings is 1. The zero-order chi connectivity index (χ0) is 19.3. The van der Waals surface area contributed by atoms with Crippen LogP contribution < -0.4 is 4.90 Å². The summed E-state index contributed by atoms with van der Waals surface area (Å²) >= 11 is 0. The van der Waals surface area contributed by atoms with E-state index in [-0.39, 0.29) is 24.0 Å². The van der Waals surface area contributed by atoms with Gasteiger partial charge in [-0.25, -0.2) is 0 Å². The fraction of sp³-hybridized carbons (Fsp3) is 0.619. The van der Waals surface area contributed by atoms with Gasteiger partial charge < -0.3 is 14.7 Å². The Morgan fingerprint density at radius 3 is 2.33 bits per heavy atom. The van der Waals surface area contributed by atoms with Crippen LogP contribution in [0.3, 0.4) is 0 Å². The molecule has 4 rings (SSSR count). The van der Waals surface area contributed by atoms with Crippen molar-refractivity contribution in [3.63, 3.8) is 0 Å². The highest BCUT2D eigenvalue weighted by atomic mass is 16.6. The van der Waals surface area contributed by atoms with Crippen molar-refractivity contribution < 1.29 is 19.4 Å². The SMILES string of the molecule is Cc1ccc(N2CCN(CC3CC4(CCCC4)C(=O)O3)CC2)cc1.O=CO. The average Bonchev–Trinajstić information content (AvgIpc) is 3.25. The summed E-state index contributed by atoms with van der Waals surface area (Å²) in [6.07, 6.45) is 5.53. The summed E-state index contributed by atoms with van der Waals surface area (Å²) < 4.78 is 5.73. The molecule has 0 bridgehead atoms. The molecule has 1 saturated carbocycles. The Balaban J connectivity index is 0.000000659. The lowest BCUT2D eigenvalue weighted by atomic mass is 9.83. The lowest BCUT2D eigenvalue weighted by molar-refractivity contribution is -0.149. The first-order chi connectivity index (χ1) is 13.1. The summed E-state index contributed by atoms with van der Waals surface area (Å²) in [6.45, 7) is 6.99. The molecule has 1 aliphatic carbocycles. The Kier molecular flexibility index (Phi) is 6.37. The third-order valence-electron chi connectivity index (χ3n) is 6.12. The molecule has 27 heavy (non-hydrogen) atoms. The summed E-state index contributed by atoms with van der Waals surface area (Å²) in [5.41, 5.74) is 2.51. The van der Waals surface area contributed by atoms with Gasteiger partial charge in [0.1, 0.15) is 6.10 Å². The van der Waals surface area contributed by atoms with Gasteiger partial charge in [0, 0.05) is 44.8 Å². The second-order valence-electron chi connectivity index (χ2n) is 7.95. The van der Waals surface area contributed by atoms with Crippen molar-refractivity contribution in [2.75, 3.05) is 37.6 Å². The van der Waals surface area contributed by atoms with Crippen molar-refractivity contribution in [2.45, 2.75) is 45.1 Å². The minimum absolute atomic E-state index is 0.0864. The van der Waals surface area contributed by atoms with E-state index in [1.165, 1.54) is 24.1 Å². The number of carbonyl (C=O) groups is 2. The molecule has 0 amide bonds. The number of carboxylic acid groups (broad SMARTS) is 1. The molecule has 1 unspecified atom stereocenters. The number of anilines is 1. The van der Waals surface area contributed by atoms with Crippen LogP contribution in [0.2, 0.25) is 0 Å². The van der Waals surface area contributed by atoms with Crippen LogP contribution in [0.25, 0.3) is 0 Å². The summed E-state index contributed by atoms with van der Waals surface area (Å²) in [5, 5.41) is 6.89. The van der Waals surface area contributed by atoms with Crippen molar-refractivity contribution in [2.24, 2.45) is 5.41 Å². The van der Waals surface area contributed by atoms with Crippen LogP contribution in [0.1, 0.15) is 37.7 Å². The van der Waals surface area contributed by atoms with Crippen LogP contribution in [0.15, 0.2) is 24.3 Å². The summed E-state index contributed by atoms with van der Waals surface area (Å²) in [4.78, 5) is 25.5. The highest BCUT2D eigenvalue weighted by molar-refractivity contribution is 5.79. The van der Waals surface area contributed by atoms with Gasteiger partial charge in [0.2, 0.25) is 0 Å². The number of hydrogen-bond donors (Lipinski definition) is 1. The third-order valence-corrected chi connectivity index (χ3v) is 6.12. The van der Waals surface area contributed by atoms with E-state index in [9.17, 15) is 4.79 Å². The molecule has 1 aromatic rings. The van der Waals surface area contributed by atoms with E-state index in [1.54, 1.807) is 0 Å². The van der Waals surface area contributed by atoms with E-state index < -0.39 is 0 Å². The van der Waals surface area contributed by atoms with E-state index in [1.807, 2.05) is 0 Å². The van der Waals surface area contributed by atoms with Gasteiger partial charge in [0.15, 0.2) is 0 Å². The molecule has 6 heteroatoms. The van der Waals surface area contributed by atoms with Crippen molar-refractivity contribution in [3.05, 3.63) is 29.8 Å². The normalized spacial score (nSPS) is 24.4. The molecule has 1 atom stereocenters. The quantitative estimate of drug-likeness (QED) is 0.648. The molecular formula is C21H30N2O4. The zero-order valence-electron chi connectivity index (χ0n) is 16.1. The van der Waals surface area contributed by atoms with Gasteiger partial charge in [-0.05, 0) is 31.9 Å². The zero-order valence-corrected chi connectivity index (χ0v) is 16.1. The van der Waals surface area contributed by atoms with Crippen molar-refractivity contribution in [1.82, 2.24) is 4.90 Å². The third kappa shape index (κ3) is 4.61. The largest absolute Gasteiger partial charge is 0.483 e. The first kappa shape index (κ1) is 19.7. The number of rotatable bonds is 3. The Morgan fingerprint density at radius 2 is 1.74 bits per heavy atom. The van der Waals surface area contributed by atoms with Crippen molar-refractivity contribution >= 4 is 18.1 Å². The van der Waals surface area contributed by atoms with Gasteiger partial charge in [0.05, 0.1) is 5.41 Å². The number of nitrogens with zero attached hydrogens (tertiary/aromatic N) is 2. The Bertz CT molecular complexity index is 632. The molecule has 0 aromatic heterocycles. The maximum absolute atomic E-state index is 12.3. The fourth-order valence-electron chi connectivity index (χ4n) is 4.63. The monoisotopic (exact) mass is 374 g/mol. The molecule has 0 radical (unpaired) electrons.